The van der Waals surface area contributed by atoms with Crippen LogP contribution in [0.25, 0.3) is 0 Å². The third kappa shape index (κ3) is 4.32. The average Bonchev–Trinajstić information content (AvgIpc) is 2.37. The Bertz CT molecular complexity index is 479. The van der Waals surface area contributed by atoms with Crippen LogP contribution in [0.3, 0.4) is 0 Å². The van der Waals surface area contributed by atoms with Gasteiger partial charge in [0.05, 0.1) is 11.3 Å². The van der Waals surface area contributed by atoms with Crippen LogP contribution < -0.4 is 10.6 Å². The van der Waals surface area contributed by atoms with Crippen molar-refractivity contribution in [1.29, 1.82) is 0 Å². The molecule has 118 valence electrons. The predicted octanol–water partition coefficient (Wildman–Crippen LogP) is 2.08. The zero-order chi connectivity index (χ0) is 15.6. The Morgan fingerprint density at radius 3 is 2.52 bits per heavy atom. The van der Waals surface area contributed by atoms with Crippen LogP contribution in [0.1, 0.15) is 26.7 Å². The van der Waals surface area contributed by atoms with E-state index in [0.29, 0.717) is 24.0 Å². The van der Waals surface area contributed by atoms with Gasteiger partial charge < -0.3 is 20.6 Å². The van der Waals surface area contributed by atoms with Gasteiger partial charge in [-0.2, -0.15) is 0 Å². The summed E-state index contributed by atoms with van der Waals surface area (Å²) in [5.41, 5.74) is 5.99. The van der Waals surface area contributed by atoms with Gasteiger partial charge in [-0.05, 0) is 51.9 Å². The van der Waals surface area contributed by atoms with E-state index >= 15 is 0 Å². The molecule has 1 aromatic carbocycles. The fourth-order valence-corrected chi connectivity index (χ4v) is 3.07. The Kier molecular flexibility index (Phi) is 4.74. The van der Waals surface area contributed by atoms with Gasteiger partial charge in [0.2, 0.25) is 0 Å². The van der Waals surface area contributed by atoms with Crippen LogP contribution in [-0.4, -0.2) is 48.3 Å². The number of likely N-dealkylation sites (N-methyl/N-ethyl adjacent to an activating group) is 1. The zero-order valence-corrected chi connectivity index (χ0v) is 13.1. The number of anilines is 2. The molecule has 1 aliphatic rings. The SMILES string of the molecule is CN(CC(C)(C)O)C1CCN(c2ccc(N)cc2F)CC1. The third-order valence-corrected chi connectivity index (χ3v) is 4.04. The first-order chi connectivity index (χ1) is 9.76. The molecule has 1 aliphatic heterocycles. The standard InChI is InChI=1S/C16H26FN3O/c1-16(2,21)11-19(3)13-6-8-20(9-7-13)15-5-4-12(18)10-14(15)17/h4-5,10,13,21H,6-9,11,18H2,1-3H3. The molecule has 0 aliphatic carbocycles. The van der Waals surface area contributed by atoms with Crippen molar-refractivity contribution in [2.24, 2.45) is 0 Å². The highest BCUT2D eigenvalue weighted by molar-refractivity contribution is 5.54. The second-order valence-corrected chi connectivity index (χ2v) is 6.66. The van der Waals surface area contributed by atoms with Crippen molar-refractivity contribution in [1.82, 2.24) is 4.90 Å². The minimum absolute atomic E-state index is 0.252. The summed E-state index contributed by atoms with van der Waals surface area (Å²) in [4.78, 5) is 4.28. The van der Waals surface area contributed by atoms with Crippen molar-refractivity contribution < 1.29 is 9.50 Å². The number of nitrogens with zero attached hydrogens (tertiary/aromatic N) is 2. The topological polar surface area (TPSA) is 52.7 Å². The molecule has 1 fully saturated rings. The lowest BCUT2D eigenvalue weighted by Gasteiger charge is -2.39. The van der Waals surface area contributed by atoms with E-state index in [1.807, 2.05) is 20.9 Å². The molecule has 5 heteroatoms. The van der Waals surface area contributed by atoms with E-state index in [0.717, 1.165) is 25.9 Å². The van der Waals surface area contributed by atoms with Crippen molar-refractivity contribution in [2.45, 2.75) is 38.3 Å². The van der Waals surface area contributed by atoms with Gasteiger partial charge in [-0.25, -0.2) is 4.39 Å². The summed E-state index contributed by atoms with van der Waals surface area (Å²) in [6.07, 6.45) is 1.94. The minimum Gasteiger partial charge on any atom is -0.399 e. The monoisotopic (exact) mass is 295 g/mol. The normalized spacial score (nSPS) is 17.5. The van der Waals surface area contributed by atoms with E-state index < -0.39 is 5.60 Å². The lowest BCUT2D eigenvalue weighted by atomic mass is 10.0. The summed E-state index contributed by atoms with van der Waals surface area (Å²) in [6, 6.07) is 5.31. The highest BCUT2D eigenvalue weighted by atomic mass is 19.1. The summed E-state index contributed by atoms with van der Waals surface area (Å²) in [5, 5.41) is 9.90. The van der Waals surface area contributed by atoms with E-state index in [1.54, 1.807) is 12.1 Å². The molecule has 2 rings (SSSR count). The molecule has 1 heterocycles. The van der Waals surface area contributed by atoms with Crippen LogP contribution in [0, 0.1) is 5.82 Å². The number of nitrogens with two attached hydrogens (primary N) is 1. The number of aliphatic hydroxyl groups is 1. The Morgan fingerprint density at radius 1 is 1.38 bits per heavy atom. The molecule has 4 nitrogen and oxygen atoms in total. The first kappa shape index (κ1) is 16.0. The molecule has 0 bridgehead atoms. The number of nitrogen functional groups attached to an aromatic ring is 1. The van der Waals surface area contributed by atoms with Crippen molar-refractivity contribution in [2.75, 3.05) is 37.3 Å². The number of benzene rings is 1. The van der Waals surface area contributed by atoms with E-state index in [9.17, 15) is 9.50 Å². The molecule has 1 saturated heterocycles. The van der Waals surface area contributed by atoms with E-state index in [-0.39, 0.29) is 5.82 Å². The van der Waals surface area contributed by atoms with Gasteiger partial charge in [0, 0.05) is 31.4 Å². The molecule has 1 aromatic rings. The van der Waals surface area contributed by atoms with Crippen molar-refractivity contribution in [3.8, 4) is 0 Å². The maximum Gasteiger partial charge on any atom is 0.148 e. The molecule has 0 saturated carbocycles. The Hall–Kier alpha value is -1.33. The molecule has 0 unspecified atom stereocenters. The van der Waals surface area contributed by atoms with E-state index in [2.05, 4.69) is 9.80 Å². The van der Waals surface area contributed by atoms with Crippen molar-refractivity contribution in [3.05, 3.63) is 24.0 Å². The second-order valence-electron chi connectivity index (χ2n) is 6.66. The Balaban J connectivity index is 1.94. The lowest BCUT2D eigenvalue weighted by molar-refractivity contribution is 0.0274. The van der Waals surface area contributed by atoms with Gasteiger partial charge >= 0.3 is 0 Å². The molecular formula is C16H26FN3O. The number of rotatable bonds is 4. The average molecular weight is 295 g/mol. The number of hydrogen-bond acceptors (Lipinski definition) is 4. The smallest absolute Gasteiger partial charge is 0.148 e. The van der Waals surface area contributed by atoms with Crippen molar-refractivity contribution in [3.63, 3.8) is 0 Å². The summed E-state index contributed by atoms with van der Waals surface area (Å²) in [5.74, 6) is -0.252. The Labute approximate surface area is 126 Å². The molecule has 21 heavy (non-hydrogen) atoms. The molecular weight excluding hydrogens is 269 g/mol. The van der Waals surface area contributed by atoms with Crippen LogP contribution in [-0.2, 0) is 0 Å². The van der Waals surface area contributed by atoms with E-state index in [4.69, 9.17) is 5.73 Å². The van der Waals surface area contributed by atoms with Gasteiger partial charge in [0.25, 0.3) is 0 Å². The Morgan fingerprint density at radius 2 is 2.00 bits per heavy atom. The summed E-state index contributed by atoms with van der Waals surface area (Å²) < 4.78 is 13.9. The largest absolute Gasteiger partial charge is 0.399 e. The quantitative estimate of drug-likeness (QED) is 0.835. The fraction of sp³-hybridized carbons (Fsp3) is 0.625. The van der Waals surface area contributed by atoms with E-state index in [1.165, 1.54) is 6.07 Å². The van der Waals surface area contributed by atoms with Gasteiger partial charge in [0.15, 0.2) is 0 Å². The predicted molar refractivity (Wildman–Crippen MR) is 85.0 cm³/mol. The van der Waals surface area contributed by atoms with Gasteiger partial charge in [-0.1, -0.05) is 0 Å². The molecule has 0 amide bonds. The molecule has 0 spiro atoms. The lowest BCUT2D eigenvalue weighted by Crippen LogP contribution is -2.47. The summed E-state index contributed by atoms with van der Waals surface area (Å²) in [7, 11) is 2.04. The maximum atomic E-state index is 13.9. The van der Waals surface area contributed by atoms with Gasteiger partial charge in [-0.15, -0.1) is 0 Å². The van der Waals surface area contributed by atoms with Crippen LogP contribution in [0.4, 0.5) is 15.8 Å². The van der Waals surface area contributed by atoms with Crippen LogP contribution in [0.15, 0.2) is 18.2 Å². The molecule has 0 radical (unpaired) electrons. The van der Waals surface area contributed by atoms with Crippen LogP contribution in [0.2, 0.25) is 0 Å². The number of hydrogen-bond donors (Lipinski definition) is 2. The number of halogens is 1. The highest BCUT2D eigenvalue weighted by Gasteiger charge is 2.26. The molecule has 0 aromatic heterocycles. The summed E-state index contributed by atoms with van der Waals surface area (Å²) in [6.45, 7) is 5.93. The summed E-state index contributed by atoms with van der Waals surface area (Å²) >= 11 is 0. The van der Waals surface area contributed by atoms with Gasteiger partial charge in [0.1, 0.15) is 5.82 Å². The number of piperidine rings is 1. The highest BCUT2D eigenvalue weighted by Crippen LogP contribution is 2.26. The third-order valence-electron chi connectivity index (χ3n) is 4.04. The van der Waals surface area contributed by atoms with Gasteiger partial charge in [-0.3, -0.25) is 0 Å². The second kappa shape index (κ2) is 6.20. The first-order valence-corrected chi connectivity index (χ1v) is 7.49. The zero-order valence-electron chi connectivity index (χ0n) is 13.1. The van der Waals surface area contributed by atoms with Crippen LogP contribution >= 0.6 is 0 Å². The van der Waals surface area contributed by atoms with Crippen molar-refractivity contribution >= 4 is 11.4 Å². The molecule has 0 atom stereocenters. The maximum absolute atomic E-state index is 13.9. The molecule has 3 N–H and O–H groups in total. The fourth-order valence-electron chi connectivity index (χ4n) is 3.07. The van der Waals surface area contributed by atoms with Crippen LogP contribution in [0.5, 0.6) is 0 Å². The first-order valence-electron chi connectivity index (χ1n) is 7.49. The minimum atomic E-state index is -0.686.